The molecule has 0 aromatic carbocycles. The van der Waals surface area contributed by atoms with Gasteiger partial charge in [0.05, 0.1) is 27.7 Å². The molecule has 0 heterocycles. The Bertz CT molecular complexity index is 1890. The molecular weight excluding hydrogens is 1130 g/mol. The minimum absolute atomic E-state index is 0.0296. The van der Waals surface area contributed by atoms with Gasteiger partial charge in [-0.2, -0.15) is 0 Å². The zero-order valence-corrected chi connectivity index (χ0v) is 60.2. The first-order valence-electron chi connectivity index (χ1n) is 37.6. The molecule has 0 aromatic rings. The molecule has 0 fully saturated rings. The van der Waals surface area contributed by atoms with E-state index in [1.165, 1.54) is 218 Å². The lowest BCUT2D eigenvalue weighted by Gasteiger charge is -2.24. The normalized spacial score (nSPS) is 13.7. The zero-order chi connectivity index (χ0) is 65.5. The third-order valence-electron chi connectivity index (χ3n) is 16.3. The molecule has 0 saturated carbocycles. The number of unbranched alkanes of at least 4 members (excludes halogenated alkanes) is 37. The summed E-state index contributed by atoms with van der Waals surface area (Å²) < 4.78 is 34.8. The molecule has 0 saturated heterocycles. The highest BCUT2D eigenvalue weighted by Crippen LogP contribution is 2.43. The van der Waals surface area contributed by atoms with E-state index in [2.05, 4.69) is 123 Å². The first kappa shape index (κ1) is 86.7. The largest absolute Gasteiger partial charge is 0.472 e. The lowest BCUT2D eigenvalue weighted by Crippen LogP contribution is -2.37. The molecule has 0 rings (SSSR count). The molecule has 2 unspecified atom stereocenters. The summed E-state index contributed by atoms with van der Waals surface area (Å²) in [6, 6.07) is 0. The van der Waals surface area contributed by atoms with Gasteiger partial charge in [-0.1, -0.05) is 329 Å². The van der Waals surface area contributed by atoms with Crippen LogP contribution in [-0.2, 0) is 32.7 Å². The second-order valence-corrected chi connectivity index (χ2v) is 27.8. The third kappa shape index (κ3) is 73.7. The van der Waals surface area contributed by atoms with E-state index in [0.717, 1.165) is 83.5 Å². The fourth-order valence-electron chi connectivity index (χ4n) is 10.6. The summed E-state index contributed by atoms with van der Waals surface area (Å²) >= 11 is 0. The predicted molar refractivity (Wildman–Crippen MR) is 390 cm³/mol. The maximum absolute atomic E-state index is 12.9. The molecule has 10 heteroatoms. The van der Waals surface area contributed by atoms with Crippen molar-refractivity contribution >= 4 is 19.8 Å². The number of esters is 2. The van der Waals surface area contributed by atoms with E-state index >= 15 is 0 Å². The summed E-state index contributed by atoms with van der Waals surface area (Å²) in [4.78, 5) is 35.9. The van der Waals surface area contributed by atoms with Gasteiger partial charge in [-0.15, -0.1) is 0 Å². The third-order valence-corrected chi connectivity index (χ3v) is 17.3. The molecule has 0 bridgehead atoms. The molecule has 9 nitrogen and oxygen atoms in total. The number of ether oxygens (including phenoxy) is 2. The van der Waals surface area contributed by atoms with E-state index in [4.69, 9.17) is 18.5 Å². The number of phosphoric acid groups is 1. The topological polar surface area (TPSA) is 108 Å². The van der Waals surface area contributed by atoms with E-state index in [1.807, 2.05) is 21.1 Å². The van der Waals surface area contributed by atoms with Crippen LogP contribution in [0.15, 0.2) is 109 Å². The number of hydrogen-bond donors (Lipinski definition) is 1. The quantitative estimate of drug-likeness (QED) is 0.0211. The number of likely N-dealkylation sites (N-methyl/N-ethyl adjacent to an activating group) is 1. The van der Waals surface area contributed by atoms with Crippen LogP contribution >= 0.6 is 7.82 Å². The van der Waals surface area contributed by atoms with Gasteiger partial charge < -0.3 is 18.9 Å². The van der Waals surface area contributed by atoms with Gasteiger partial charge in [0.2, 0.25) is 0 Å². The van der Waals surface area contributed by atoms with Crippen LogP contribution in [0.2, 0.25) is 0 Å². The van der Waals surface area contributed by atoms with Gasteiger partial charge in [-0.25, -0.2) is 4.57 Å². The van der Waals surface area contributed by atoms with E-state index in [9.17, 15) is 19.0 Å². The number of allylic oxidation sites excluding steroid dienone is 18. The van der Waals surface area contributed by atoms with Crippen LogP contribution in [0.3, 0.4) is 0 Å². The lowest BCUT2D eigenvalue weighted by atomic mass is 10.0. The minimum Gasteiger partial charge on any atom is -0.462 e. The smallest absolute Gasteiger partial charge is 0.462 e. The molecular formula is C80H143NO8P+. The van der Waals surface area contributed by atoms with Crippen molar-refractivity contribution in [3.8, 4) is 0 Å². The minimum atomic E-state index is -4.40. The fourth-order valence-corrected chi connectivity index (χ4v) is 11.3. The summed E-state index contributed by atoms with van der Waals surface area (Å²) in [6.45, 7) is 4.34. The Morgan fingerprint density at radius 3 is 0.944 bits per heavy atom. The maximum Gasteiger partial charge on any atom is 0.472 e. The van der Waals surface area contributed by atoms with Crippen molar-refractivity contribution in [1.29, 1.82) is 0 Å². The van der Waals surface area contributed by atoms with Crippen molar-refractivity contribution < 1.29 is 42.1 Å². The van der Waals surface area contributed by atoms with Crippen molar-refractivity contribution in [2.24, 2.45) is 0 Å². The summed E-state index contributed by atoms with van der Waals surface area (Å²) in [5.41, 5.74) is 0. The standard InChI is InChI=1S/C80H142NO8P/c1-6-8-10-12-14-16-18-20-22-24-26-28-30-32-34-35-36-37-38-39-40-41-42-43-44-45-47-49-51-53-55-57-59-61-63-65-67-69-71-73-80(83)89-78(77-88-90(84,85)87-75-74-81(3,4)5)76-86-79(82)72-70-68-66-64-62-60-58-56-54-52-50-48-46-33-31-29-27-25-23-21-19-17-15-13-11-9-7-2/h8,10,14,16,19-22,25-28,31-34,36-37,78H,6-7,9,11-13,15,17-18,23-24,29-30,35,38-77H2,1-5H3/p+1/b10-8-,16-14-,21-19-,22-20-,27-25-,28-26-,33-31-,34-32-,37-36-. The second-order valence-electron chi connectivity index (χ2n) is 26.3. The molecule has 0 radical (unpaired) electrons. The molecule has 0 aliphatic rings. The Labute approximate surface area is 556 Å². The van der Waals surface area contributed by atoms with Gasteiger partial charge >= 0.3 is 19.8 Å². The van der Waals surface area contributed by atoms with Crippen molar-refractivity contribution in [2.45, 2.75) is 341 Å². The number of hydrogen-bond acceptors (Lipinski definition) is 7. The SMILES string of the molecule is CC/C=C\C/C=C\C/C=C\C/C=C\C/C=C\C/C=C\CCCCCCCCCCCCCCCCCCCCCCC(=O)OC(COC(=O)CCCCCCCCCCCCCC/C=C\C/C=C\C/C=C\CCCCCCC)COP(=O)(O)OCC[N+](C)(C)C. The number of rotatable bonds is 69. The zero-order valence-electron chi connectivity index (χ0n) is 59.4. The van der Waals surface area contributed by atoms with Gasteiger partial charge in [-0.05, 0) is 103 Å². The van der Waals surface area contributed by atoms with Gasteiger partial charge in [0.25, 0.3) is 0 Å². The molecule has 2 atom stereocenters. The molecule has 90 heavy (non-hydrogen) atoms. The molecule has 520 valence electrons. The predicted octanol–water partition coefficient (Wildman–Crippen LogP) is 24.8. The Hall–Kier alpha value is -3.33. The average molecular weight is 1280 g/mol. The molecule has 0 amide bonds. The molecule has 0 spiro atoms. The lowest BCUT2D eigenvalue weighted by molar-refractivity contribution is -0.870. The average Bonchev–Trinajstić information content (AvgIpc) is 3.58. The number of nitrogens with zero attached hydrogens (tertiary/aromatic N) is 1. The second kappa shape index (κ2) is 70.0. The van der Waals surface area contributed by atoms with Crippen LogP contribution in [0.25, 0.3) is 0 Å². The Kier molecular flexibility index (Phi) is 67.4. The first-order chi connectivity index (χ1) is 44.0. The summed E-state index contributed by atoms with van der Waals surface area (Å²) in [5.74, 6) is -0.789. The van der Waals surface area contributed by atoms with Crippen LogP contribution in [0, 0.1) is 0 Å². The van der Waals surface area contributed by atoms with Crippen molar-refractivity contribution in [2.75, 3.05) is 47.5 Å². The fraction of sp³-hybridized carbons (Fsp3) is 0.750. The van der Waals surface area contributed by atoms with Crippen LogP contribution < -0.4 is 0 Å². The van der Waals surface area contributed by atoms with Crippen molar-refractivity contribution in [3.63, 3.8) is 0 Å². The first-order valence-corrected chi connectivity index (χ1v) is 39.1. The highest BCUT2D eigenvalue weighted by Gasteiger charge is 2.27. The number of phosphoric ester groups is 1. The van der Waals surface area contributed by atoms with Gasteiger partial charge in [0, 0.05) is 12.8 Å². The highest BCUT2D eigenvalue weighted by molar-refractivity contribution is 7.47. The number of carbonyl (C=O) groups excluding carboxylic acids is 2. The van der Waals surface area contributed by atoms with Gasteiger partial charge in [0.1, 0.15) is 19.8 Å². The Balaban J connectivity index is 3.98. The van der Waals surface area contributed by atoms with Crippen LogP contribution in [0.1, 0.15) is 335 Å². The van der Waals surface area contributed by atoms with Crippen molar-refractivity contribution in [3.05, 3.63) is 109 Å². The molecule has 0 aliphatic carbocycles. The van der Waals surface area contributed by atoms with E-state index in [-0.39, 0.29) is 32.0 Å². The monoisotopic (exact) mass is 1280 g/mol. The summed E-state index contributed by atoms with van der Waals surface area (Å²) in [5, 5.41) is 0. The molecule has 1 N–H and O–H groups in total. The van der Waals surface area contributed by atoms with E-state index < -0.39 is 26.5 Å². The summed E-state index contributed by atoms with van der Waals surface area (Å²) in [7, 11) is 1.48. The molecule has 0 aliphatic heterocycles. The number of carbonyl (C=O) groups is 2. The van der Waals surface area contributed by atoms with Gasteiger partial charge in [0.15, 0.2) is 6.10 Å². The Morgan fingerprint density at radius 1 is 0.356 bits per heavy atom. The van der Waals surface area contributed by atoms with E-state index in [0.29, 0.717) is 17.4 Å². The van der Waals surface area contributed by atoms with E-state index in [1.54, 1.807) is 0 Å². The van der Waals surface area contributed by atoms with Gasteiger partial charge in [-0.3, -0.25) is 18.6 Å². The van der Waals surface area contributed by atoms with Crippen LogP contribution in [0.5, 0.6) is 0 Å². The van der Waals surface area contributed by atoms with Crippen LogP contribution in [-0.4, -0.2) is 74.9 Å². The molecule has 0 aromatic heterocycles. The summed E-state index contributed by atoms with van der Waals surface area (Å²) in [6.07, 6.45) is 99.2. The Morgan fingerprint density at radius 2 is 0.633 bits per heavy atom. The van der Waals surface area contributed by atoms with Crippen molar-refractivity contribution in [1.82, 2.24) is 0 Å². The van der Waals surface area contributed by atoms with Crippen LogP contribution in [0.4, 0.5) is 0 Å². The number of quaternary nitrogens is 1. The maximum atomic E-state index is 12.9. The highest BCUT2D eigenvalue weighted by atomic mass is 31.2.